The molecular weight excluding hydrogens is 238 g/mol. The molecule has 0 spiro atoms. The molecule has 0 aliphatic carbocycles. The fourth-order valence-corrected chi connectivity index (χ4v) is 0.698. The summed E-state index contributed by atoms with van der Waals surface area (Å²) in [5.41, 5.74) is 0. The topological polar surface area (TPSA) is 100 Å². The second-order valence-corrected chi connectivity index (χ2v) is 3.15. The second-order valence-electron chi connectivity index (χ2n) is 1.48. The molecule has 0 aliphatic heterocycles. The van der Waals surface area contributed by atoms with Crippen LogP contribution in [-0.4, -0.2) is 17.2 Å². The van der Waals surface area contributed by atoms with Crippen molar-refractivity contribution in [1.29, 1.82) is 0 Å². The van der Waals surface area contributed by atoms with Crippen molar-refractivity contribution in [2.75, 3.05) is 6.16 Å². The number of hydrogen-bond acceptors (Lipinski definition) is 4. The summed E-state index contributed by atoms with van der Waals surface area (Å²) in [6, 6.07) is 0. The van der Waals surface area contributed by atoms with Gasteiger partial charge < -0.3 is 19.5 Å². The van der Waals surface area contributed by atoms with Crippen molar-refractivity contribution in [3.8, 4) is 0 Å². The molecule has 0 heterocycles. The van der Waals surface area contributed by atoms with Gasteiger partial charge in [0, 0.05) is 6.42 Å². The van der Waals surface area contributed by atoms with Crippen LogP contribution in [0.1, 0.15) is 6.42 Å². The van der Waals surface area contributed by atoms with Gasteiger partial charge in [0.2, 0.25) is 0 Å². The van der Waals surface area contributed by atoms with Crippen LogP contribution in [0, 0.1) is 0 Å². The van der Waals surface area contributed by atoms with Crippen molar-refractivity contribution < 1.29 is 50.5 Å². The van der Waals surface area contributed by atoms with Crippen molar-refractivity contribution in [3.05, 3.63) is 0 Å². The molecule has 0 bridgehead atoms. The number of carboxylic acid groups (broad SMARTS) is 1. The van der Waals surface area contributed by atoms with E-state index >= 15 is 0 Å². The summed E-state index contributed by atoms with van der Waals surface area (Å²) >= 11 is 0. The smallest absolute Gasteiger partial charge is 0.811 e. The van der Waals surface area contributed by atoms with Crippen LogP contribution >= 0.6 is 7.60 Å². The molecule has 0 unspecified atom stereocenters. The Labute approximate surface area is 76.7 Å². The minimum atomic E-state index is -4.60. The Hall–Kier alpha value is 0.503. The maximum atomic E-state index is 9.74. The van der Waals surface area contributed by atoms with Crippen LogP contribution in [0.25, 0.3) is 0 Å². The third-order valence-electron chi connectivity index (χ3n) is 0.600. The molecule has 5 nitrogen and oxygen atoms in total. The van der Waals surface area contributed by atoms with Gasteiger partial charge in [-0.2, -0.15) is 0 Å². The Morgan fingerprint density at radius 1 is 1.50 bits per heavy atom. The van der Waals surface area contributed by atoms with E-state index in [2.05, 4.69) is 0 Å². The van der Waals surface area contributed by atoms with Crippen molar-refractivity contribution in [2.45, 2.75) is 6.42 Å². The van der Waals surface area contributed by atoms with E-state index in [1.807, 2.05) is 0 Å². The quantitative estimate of drug-likeness (QED) is 0.600. The van der Waals surface area contributed by atoms with E-state index in [9.17, 15) is 19.1 Å². The molecule has 7 heteroatoms. The van der Waals surface area contributed by atoms with E-state index in [4.69, 9.17) is 5.11 Å². The van der Waals surface area contributed by atoms with Gasteiger partial charge in [0.1, 0.15) is 0 Å². The van der Waals surface area contributed by atoms with E-state index in [0.29, 0.717) is 0 Å². The van der Waals surface area contributed by atoms with Crippen LogP contribution < -0.4 is 9.79 Å². The van der Waals surface area contributed by atoms with Gasteiger partial charge >= 0.3 is 32.2 Å². The number of carboxylic acids is 1. The Morgan fingerprint density at radius 3 is 2.00 bits per heavy atom. The summed E-state index contributed by atoms with van der Waals surface area (Å²) < 4.78 is 9.74. The largest absolute Gasteiger partial charge is 2.00 e. The normalized spacial score (nSPS) is 10.2. The van der Waals surface area contributed by atoms with Crippen molar-refractivity contribution >= 4 is 13.6 Å². The molecule has 0 aromatic heterocycles. The summed E-state index contributed by atoms with van der Waals surface area (Å²) in [5.74, 6) is -1.28. The van der Waals surface area contributed by atoms with E-state index in [1.54, 1.807) is 0 Å². The molecule has 0 radical (unpaired) electrons. The van der Waals surface area contributed by atoms with Gasteiger partial charge in [-0.3, -0.25) is 4.79 Å². The average molecular weight is 243 g/mol. The average Bonchev–Trinajstić information content (AvgIpc) is 1.59. The number of rotatable bonds is 3. The molecule has 0 aromatic carbocycles. The molecular formula is C3H5O5PZr. The molecule has 1 N–H and O–H groups in total. The van der Waals surface area contributed by atoms with Crippen LogP contribution in [0.15, 0.2) is 0 Å². The van der Waals surface area contributed by atoms with E-state index in [1.165, 1.54) is 0 Å². The zero-order chi connectivity index (χ0) is 7.49. The van der Waals surface area contributed by atoms with Crippen molar-refractivity contribution in [1.82, 2.24) is 0 Å². The molecule has 10 heavy (non-hydrogen) atoms. The van der Waals surface area contributed by atoms with Gasteiger partial charge in [-0.05, 0) is 6.16 Å². The van der Waals surface area contributed by atoms with Gasteiger partial charge in [0.15, 0.2) is 0 Å². The van der Waals surface area contributed by atoms with E-state index < -0.39 is 26.1 Å². The van der Waals surface area contributed by atoms with Crippen molar-refractivity contribution in [2.24, 2.45) is 0 Å². The van der Waals surface area contributed by atoms with E-state index in [0.717, 1.165) is 0 Å². The monoisotopic (exact) mass is 242 g/mol. The maximum absolute atomic E-state index is 9.74. The molecule has 0 aromatic rings. The zero-order valence-electron chi connectivity index (χ0n) is 4.94. The summed E-state index contributed by atoms with van der Waals surface area (Å²) in [6.45, 7) is 0. The summed E-state index contributed by atoms with van der Waals surface area (Å²) in [4.78, 5) is 29.1. The maximum Gasteiger partial charge on any atom is 2.00 e. The first-order valence-electron chi connectivity index (χ1n) is 2.15. The Bertz CT molecular complexity index is 151. The molecule has 0 fully saturated rings. The van der Waals surface area contributed by atoms with Gasteiger partial charge in [0.05, 0.1) is 0 Å². The summed E-state index contributed by atoms with van der Waals surface area (Å²) in [5, 5.41) is 7.88. The third-order valence-corrected chi connectivity index (χ3v) is 1.37. The molecule has 0 saturated carbocycles. The predicted octanol–water partition coefficient (Wildman–Crippen LogP) is -1.63. The summed E-state index contributed by atoms with van der Waals surface area (Å²) in [6.07, 6.45) is -1.41. The second kappa shape index (κ2) is 5.19. The number of hydrogen-bond donors (Lipinski definition) is 1. The molecule has 0 aliphatic rings. The standard InChI is InChI=1S/C3H7O5P.Zr/c4-3(5)1-2-9(6,7)8;/h1-2H2,(H,4,5)(H2,6,7,8);/q;+2/p-2. The van der Waals surface area contributed by atoms with Crippen molar-refractivity contribution in [3.63, 3.8) is 0 Å². The Morgan fingerprint density at radius 2 is 1.90 bits per heavy atom. The molecule has 0 atom stereocenters. The molecule has 56 valence electrons. The number of carbonyl (C=O) groups is 1. The van der Waals surface area contributed by atoms with Gasteiger partial charge in [-0.1, -0.05) is 7.60 Å². The molecule has 0 rings (SSSR count). The van der Waals surface area contributed by atoms with E-state index in [-0.39, 0.29) is 26.2 Å². The SMILES string of the molecule is O=C(O)CCP(=O)([O-])[O-].[Zr+2]. The van der Waals surface area contributed by atoms with Crippen LogP contribution in [0.4, 0.5) is 0 Å². The Balaban J connectivity index is 0. The molecule has 0 saturated heterocycles. The third kappa shape index (κ3) is 11.3. The van der Waals surface area contributed by atoms with Gasteiger partial charge in [-0.15, -0.1) is 0 Å². The molecule has 0 amide bonds. The van der Waals surface area contributed by atoms with Crippen LogP contribution in [-0.2, 0) is 35.6 Å². The summed E-state index contributed by atoms with van der Waals surface area (Å²) in [7, 11) is -4.60. The number of aliphatic carboxylic acids is 1. The van der Waals surface area contributed by atoms with Crippen LogP contribution in [0.3, 0.4) is 0 Å². The Kier molecular flexibility index (Phi) is 6.81. The fourth-order valence-electron chi connectivity index (χ4n) is 0.233. The first kappa shape index (κ1) is 13.1. The fraction of sp³-hybridized carbons (Fsp3) is 0.667. The van der Waals surface area contributed by atoms with Crippen LogP contribution in [0.2, 0.25) is 0 Å². The van der Waals surface area contributed by atoms with Gasteiger partial charge in [0.25, 0.3) is 0 Å². The predicted molar refractivity (Wildman–Crippen MR) is 24.7 cm³/mol. The minimum absolute atomic E-state index is 0. The minimum Gasteiger partial charge on any atom is -0.811 e. The first-order chi connectivity index (χ1) is 3.92. The zero-order valence-corrected chi connectivity index (χ0v) is 8.29. The van der Waals surface area contributed by atoms with Crippen LogP contribution in [0.5, 0.6) is 0 Å². The van der Waals surface area contributed by atoms with Gasteiger partial charge in [-0.25, -0.2) is 0 Å². The first-order valence-corrected chi connectivity index (χ1v) is 3.87.